The van der Waals surface area contributed by atoms with Gasteiger partial charge in [-0.05, 0) is 19.1 Å². The van der Waals surface area contributed by atoms with Crippen molar-refractivity contribution >= 4 is 11.9 Å². The fraction of sp³-hybridized carbons (Fsp3) is 0.429. The van der Waals surface area contributed by atoms with Crippen LogP contribution in [0.5, 0.6) is 0 Å². The van der Waals surface area contributed by atoms with Crippen LogP contribution in [0.15, 0.2) is 30.3 Å². The molecule has 1 aromatic rings. The Bertz CT molecular complexity index is 524. The van der Waals surface area contributed by atoms with E-state index < -0.39 is 17.7 Å². The Kier molecular flexibility index (Phi) is 3.19. The number of nitrogens with zero attached hydrogens (tertiary/aromatic N) is 1. The van der Waals surface area contributed by atoms with E-state index in [4.69, 9.17) is 14.3 Å². The van der Waals surface area contributed by atoms with E-state index in [1.807, 2.05) is 6.07 Å². The van der Waals surface area contributed by atoms with Gasteiger partial charge in [-0.15, -0.1) is 0 Å². The lowest BCUT2D eigenvalue weighted by molar-refractivity contribution is -0.272. The van der Waals surface area contributed by atoms with Crippen molar-refractivity contribution in [2.24, 2.45) is 0 Å². The lowest BCUT2D eigenvalue weighted by Gasteiger charge is -2.37. The van der Waals surface area contributed by atoms with Crippen molar-refractivity contribution in [3.63, 3.8) is 0 Å². The van der Waals surface area contributed by atoms with Gasteiger partial charge in [-0.3, -0.25) is 0 Å². The molecule has 20 heavy (non-hydrogen) atoms. The number of esters is 1. The number of hydroxylamine groups is 2. The summed E-state index contributed by atoms with van der Waals surface area (Å²) in [5.74, 6) is -1.01. The molecule has 2 atom stereocenters. The van der Waals surface area contributed by atoms with Crippen LogP contribution in [0, 0.1) is 0 Å². The minimum atomic E-state index is -1.24. The van der Waals surface area contributed by atoms with Gasteiger partial charge in [0.25, 0.3) is 5.72 Å². The van der Waals surface area contributed by atoms with Crippen LogP contribution in [0.1, 0.15) is 23.7 Å². The first-order valence-electron chi connectivity index (χ1n) is 6.56. The quantitative estimate of drug-likeness (QED) is 0.768. The Morgan fingerprint density at radius 2 is 2.10 bits per heavy atom. The molecule has 0 amide bonds. The van der Waals surface area contributed by atoms with Gasteiger partial charge >= 0.3 is 11.9 Å². The number of rotatable bonds is 4. The number of ether oxygens (including phenoxy) is 2. The molecule has 0 aliphatic carbocycles. The van der Waals surface area contributed by atoms with Crippen LogP contribution in [-0.4, -0.2) is 42.0 Å². The van der Waals surface area contributed by atoms with Gasteiger partial charge in [-0.2, -0.15) is 0 Å². The molecule has 0 aromatic heterocycles. The monoisotopic (exact) mass is 277 g/mol. The zero-order valence-corrected chi connectivity index (χ0v) is 11.1. The van der Waals surface area contributed by atoms with Gasteiger partial charge in [0.05, 0.1) is 24.8 Å². The molecule has 0 saturated carbocycles. The standard InChI is InChI=1S/C14H15NO5/c1-2-18-13(17)14-8-11(19-14)9-15(14)20-12(16)10-6-4-3-5-7-10/h3-7,11H,2,8-9H2,1H3/t11-,14+/m1/s1. The third-order valence-corrected chi connectivity index (χ3v) is 3.44. The summed E-state index contributed by atoms with van der Waals surface area (Å²) >= 11 is 0. The molecular weight excluding hydrogens is 262 g/mol. The van der Waals surface area contributed by atoms with Gasteiger partial charge < -0.3 is 14.3 Å². The summed E-state index contributed by atoms with van der Waals surface area (Å²) in [5, 5.41) is 1.30. The second-order valence-electron chi connectivity index (χ2n) is 4.75. The molecule has 3 saturated heterocycles. The highest BCUT2D eigenvalue weighted by molar-refractivity contribution is 5.89. The Morgan fingerprint density at radius 3 is 2.75 bits per heavy atom. The smallest absolute Gasteiger partial charge is 0.357 e. The molecule has 3 heterocycles. The summed E-state index contributed by atoms with van der Waals surface area (Å²) in [7, 11) is 0. The van der Waals surface area contributed by atoms with E-state index in [2.05, 4.69) is 0 Å². The molecule has 0 N–H and O–H groups in total. The predicted octanol–water partition coefficient (Wildman–Crippen LogP) is 1.12. The second kappa shape index (κ2) is 4.88. The number of hydrogen-bond acceptors (Lipinski definition) is 6. The normalized spacial score (nSPS) is 27.8. The van der Waals surface area contributed by atoms with Crippen molar-refractivity contribution in [2.75, 3.05) is 13.2 Å². The highest BCUT2D eigenvalue weighted by Gasteiger charge is 2.66. The first kappa shape index (κ1) is 13.1. The lowest BCUT2D eigenvalue weighted by atomic mass is 10.0. The van der Waals surface area contributed by atoms with E-state index >= 15 is 0 Å². The maximum atomic E-state index is 12.0. The molecule has 0 radical (unpaired) electrons. The number of benzene rings is 1. The van der Waals surface area contributed by atoms with Crippen LogP contribution in [0.3, 0.4) is 0 Å². The van der Waals surface area contributed by atoms with Crippen LogP contribution < -0.4 is 0 Å². The van der Waals surface area contributed by atoms with Crippen molar-refractivity contribution in [1.29, 1.82) is 0 Å². The van der Waals surface area contributed by atoms with E-state index in [0.717, 1.165) is 0 Å². The Hall–Kier alpha value is -1.92. The van der Waals surface area contributed by atoms with Gasteiger partial charge in [-0.25, -0.2) is 9.59 Å². The second-order valence-corrected chi connectivity index (χ2v) is 4.75. The molecule has 0 spiro atoms. The third kappa shape index (κ3) is 1.97. The van der Waals surface area contributed by atoms with Crippen molar-refractivity contribution < 1.29 is 23.9 Å². The van der Waals surface area contributed by atoms with Gasteiger partial charge in [0.2, 0.25) is 0 Å². The molecule has 1 aromatic carbocycles. The number of fused-ring (bicyclic) bond motifs is 1. The van der Waals surface area contributed by atoms with E-state index in [1.165, 1.54) is 5.06 Å². The topological polar surface area (TPSA) is 65.1 Å². The zero-order chi connectivity index (χ0) is 14.2. The van der Waals surface area contributed by atoms with Crippen molar-refractivity contribution in [3.8, 4) is 0 Å². The summed E-state index contributed by atoms with van der Waals surface area (Å²) in [6.45, 7) is 2.37. The minimum absolute atomic E-state index is 0.0806. The van der Waals surface area contributed by atoms with E-state index in [1.54, 1.807) is 31.2 Å². The van der Waals surface area contributed by atoms with Gasteiger partial charge in [0, 0.05) is 6.42 Å². The molecule has 3 aliphatic rings. The van der Waals surface area contributed by atoms with Crippen LogP contribution in [0.25, 0.3) is 0 Å². The molecule has 2 bridgehead atoms. The van der Waals surface area contributed by atoms with Crippen LogP contribution in [-0.2, 0) is 19.1 Å². The van der Waals surface area contributed by atoms with Gasteiger partial charge in [-0.1, -0.05) is 23.3 Å². The van der Waals surface area contributed by atoms with Crippen LogP contribution in [0.2, 0.25) is 0 Å². The lowest BCUT2D eigenvalue weighted by Crippen LogP contribution is -2.57. The van der Waals surface area contributed by atoms with E-state index in [9.17, 15) is 9.59 Å². The fourth-order valence-corrected chi connectivity index (χ4v) is 2.48. The number of hydrogen-bond donors (Lipinski definition) is 0. The summed E-state index contributed by atoms with van der Waals surface area (Å²) in [6.07, 6.45) is 0.413. The molecule has 6 nitrogen and oxygen atoms in total. The predicted molar refractivity (Wildman–Crippen MR) is 67.4 cm³/mol. The summed E-state index contributed by atoms with van der Waals surface area (Å²) in [5.41, 5.74) is -0.818. The number of carbonyl (C=O) groups excluding carboxylic acids is 2. The van der Waals surface area contributed by atoms with Crippen molar-refractivity contribution in [3.05, 3.63) is 35.9 Å². The summed E-state index contributed by atoms with van der Waals surface area (Å²) < 4.78 is 10.5. The average Bonchev–Trinajstić information content (AvgIpc) is 2.94. The summed E-state index contributed by atoms with van der Waals surface area (Å²) in [4.78, 5) is 29.3. The Labute approximate surface area is 116 Å². The minimum Gasteiger partial charge on any atom is -0.463 e. The van der Waals surface area contributed by atoms with Crippen molar-refractivity contribution in [2.45, 2.75) is 25.2 Å². The van der Waals surface area contributed by atoms with Crippen LogP contribution >= 0.6 is 0 Å². The maximum absolute atomic E-state index is 12.0. The zero-order valence-electron chi connectivity index (χ0n) is 11.1. The molecule has 0 unspecified atom stereocenters. The molecule has 3 aliphatic heterocycles. The highest BCUT2D eigenvalue weighted by Crippen LogP contribution is 2.45. The fourth-order valence-electron chi connectivity index (χ4n) is 2.48. The SMILES string of the molecule is CCOC(=O)[C@@]12C[C@H](CN1OC(=O)c1ccccc1)O2. The first-order valence-corrected chi connectivity index (χ1v) is 6.56. The summed E-state index contributed by atoms with van der Waals surface area (Å²) in [6, 6.07) is 8.62. The average molecular weight is 277 g/mol. The third-order valence-electron chi connectivity index (χ3n) is 3.44. The first-order chi connectivity index (χ1) is 9.65. The number of carbonyl (C=O) groups is 2. The largest absolute Gasteiger partial charge is 0.463 e. The maximum Gasteiger partial charge on any atom is 0.357 e. The Morgan fingerprint density at radius 1 is 1.40 bits per heavy atom. The molecule has 3 fully saturated rings. The molecular formula is C14H15NO5. The van der Waals surface area contributed by atoms with Gasteiger partial charge in [0.1, 0.15) is 0 Å². The Balaban J connectivity index is 1.71. The highest BCUT2D eigenvalue weighted by atomic mass is 16.8. The molecule has 6 heteroatoms. The molecule has 4 rings (SSSR count). The van der Waals surface area contributed by atoms with E-state index in [-0.39, 0.29) is 12.7 Å². The van der Waals surface area contributed by atoms with Crippen molar-refractivity contribution in [1.82, 2.24) is 5.06 Å². The molecule has 106 valence electrons. The van der Waals surface area contributed by atoms with E-state index in [0.29, 0.717) is 18.5 Å². The van der Waals surface area contributed by atoms with Crippen LogP contribution in [0.4, 0.5) is 0 Å². The van der Waals surface area contributed by atoms with Gasteiger partial charge in [0.15, 0.2) is 0 Å².